The van der Waals surface area contributed by atoms with E-state index in [4.69, 9.17) is 40.0 Å². The van der Waals surface area contributed by atoms with Gasteiger partial charge in [-0.3, -0.25) is 0 Å². The summed E-state index contributed by atoms with van der Waals surface area (Å²) in [6.07, 6.45) is 0. The molecule has 272 valence electrons. The summed E-state index contributed by atoms with van der Waals surface area (Å²) >= 11 is 6.93. The van der Waals surface area contributed by atoms with Crippen LogP contribution in [0.3, 0.4) is 0 Å². The van der Waals surface area contributed by atoms with Gasteiger partial charge in [-0.1, -0.05) is 86.0 Å². The zero-order valence-electron chi connectivity index (χ0n) is 31.9. The molecule has 0 heterocycles. The highest BCUT2D eigenvalue weighted by Gasteiger charge is 2.35. The Labute approximate surface area is 301 Å². The van der Waals surface area contributed by atoms with Crippen molar-refractivity contribution in [3.05, 3.63) is 69.2 Å². The molecule has 49 heavy (non-hydrogen) atoms. The molecule has 0 spiro atoms. The van der Waals surface area contributed by atoms with Crippen molar-refractivity contribution in [1.82, 2.24) is 0 Å². The summed E-state index contributed by atoms with van der Waals surface area (Å²) in [6.45, 7) is 25.3. The van der Waals surface area contributed by atoms with Crippen LogP contribution >= 0.6 is 19.5 Å². The minimum atomic E-state index is -1.55. The standard InChI is InChI=1S/C40H58ClO7P/c1-26-18-30(39(6,7)8)36(47-24-45-16-14-43-12)33(20-26)49(32-23-28(41)22-29(35(32)42)38(3,4)5)34-21-27(2)19-31(40(9,10)11)37(34)48-25-46-17-15-44-13/h18-23,42H,14-17,24-25H2,1-13H3. The smallest absolute Gasteiger partial charge is 0.189 e. The third-order valence-electron chi connectivity index (χ3n) is 8.07. The van der Waals surface area contributed by atoms with Gasteiger partial charge in [-0.2, -0.15) is 0 Å². The summed E-state index contributed by atoms with van der Waals surface area (Å²) in [7, 11) is 1.74. The number of ether oxygens (including phenoxy) is 6. The quantitative estimate of drug-likeness (QED) is 0.0964. The maximum Gasteiger partial charge on any atom is 0.189 e. The van der Waals surface area contributed by atoms with Gasteiger partial charge in [0.1, 0.15) is 17.2 Å². The number of halogens is 1. The summed E-state index contributed by atoms with van der Waals surface area (Å²) < 4.78 is 35.4. The molecule has 0 atom stereocenters. The van der Waals surface area contributed by atoms with E-state index in [-0.39, 0.29) is 35.6 Å². The highest BCUT2D eigenvalue weighted by molar-refractivity contribution is 7.80. The summed E-state index contributed by atoms with van der Waals surface area (Å²) in [4.78, 5) is 0. The molecule has 0 amide bonds. The van der Waals surface area contributed by atoms with E-state index < -0.39 is 7.92 Å². The Bertz CT molecular complexity index is 1470. The number of aromatic hydroxyl groups is 1. The van der Waals surface area contributed by atoms with Crippen LogP contribution in [0.1, 0.15) is 90.1 Å². The van der Waals surface area contributed by atoms with Crippen LogP contribution in [0.4, 0.5) is 0 Å². The van der Waals surface area contributed by atoms with Gasteiger partial charge in [-0.15, -0.1) is 0 Å². The number of phenols is 1. The van der Waals surface area contributed by atoms with Gasteiger partial charge in [0, 0.05) is 51.8 Å². The maximum absolute atomic E-state index is 12.3. The third-order valence-corrected chi connectivity index (χ3v) is 10.7. The molecule has 0 aliphatic carbocycles. The Morgan fingerprint density at radius 2 is 0.980 bits per heavy atom. The molecule has 9 heteroatoms. The van der Waals surface area contributed by atoms with Gasteiger partial charge in [-0.25, -0.2) is 0 Å². The number of phenolic OH excluding ortho intramolecular Hbond substituents is 1. The molecular weight excluding hydrogens is 659 g/mol. The van der Waals surface area contributed by atoms with Gasteiger partial charge in [0.25, 0.3) is 0 Å². The minimum absolute atomic E-state index is 0.0399. The lowest BCUT2D eigenvalue weighted by atomic mass is 9.85. The highest BCUT2D eigenvalue weighted by atomic mass is 35.5. The maximum atomic E-state index is 12.3. The van der Waals surface area contributed by atoms with Crippen LogP contribution in [0.15, 0.2) is 36.4 Å². The summed E-state index contributed by atoms with van der Waals surface area (Å²) in [6, 6.07) is 12.5. The van der Waals surface area contributed by atoms with E-state index in [1.54, 1.807) is 14.2 Å². The van der Waals surface area contributed by atoms with Crippen molar-refractivity contribution in [1.29, 1.82) is 0 Å². The largest absolute Gasteiger partial charge is 0.507 e. The van der Waals surface area contributed by atoms with Gasteiger partial charge in [0.15, 0.2) is 13.6 Å². The van der Waals surface area contributed by atoms with E-state index in [0.717, 1.165) is 55.2 Å². The topological polar surface area (TPSA) is 75.6 Å². The summed E-state index contributed by atoms with van der Waals surface area (Å²) in [5, 5.41) is 15.4. The van der Waals surface area contributed by atoms with Crippen molar-refractivity contribution < 1.29 is 33.5 Å². The first kappa shape index (κ1) is 41.0. The minimum Gasteiger partial charge on any atom is -0.507 e. The number of aryl methyl sites for hydroxylation is 2. The van der Waals surface area contributed by atoms with Crippen LogP contribution in [0.5, 0.6) is 17.2 Å². The monoisotopic (exact) mass is 716 g/mol. The molecule has 0 bridgehead atoms. The average molecular weight is 717 g/mol. The lowest BCUT2D eigenvalue weighted by molar-refractivity contribution is -0.00871. The molecule has 0 radical (unpaired) electrons. The summed E-state index contributed by atoms with van der Waals surface area (Å²) in [5.41, 5.74) is 4.08. The van der Waals surface area contributed by atoms with Crippen LogP contribution in [0.2, 0.25) is 5.02 Å². The Morgan fingerprint density at radius 1 is 0.571 bits per heavy atom. The summed E-state index contributed by atoms with van der Waals surface area (Å²) in [5.74, 6) is 1.66. The molecule has 3 aromatic carbocycles. The van der Waals surface area contributed by atoms with Gasteiger partial charge >= 0.3 is 0 Å². The SMILES string of the molecule is COCCOCOc1c(P(c2cc(Cl)cc(C(C)(C)C)c2O)c2cc(C)cc(C(C)(C)C)c2OCOCCOC)cc(C)cc1C(C)(C)C. The first-order valence-electron chi connectivity index (χ1n) is 16.8. The molecule has 3 aromatic rings. The van der Waals surface area contributed by atoms with Crippen LogP contribution in [-0.2, 0) is 35.2 Å². The first-order valence-corrected chi connectivity index (χ1v) is 18.6. The molecule has 0 fully saturated rings. The lowest BCUT2D eigenvalue weighted by Gasteiger charge is -2.33. The molecule has 0 aliphatic rings. The number of rotatable bonds is 15. The second-order valence-electron chi connectivity index (χ2n) is 15.6. The molecular formula is C40H58ClO7P. The van der Waals surface area contributed by atoms with Gasteiger partial charge in [0.05, 0.1) is 26.4 Å². The van der Waals surface area contributed by atoms with Crippen molar-refractivity contribution in [3.63, 3.8) is 0 Å². The number of benzene rings is 3. The zero-order chi connectivity index (χ0) is 36.7. The molecule has 0 saturated heterocycles. The van der Waals surface area contributed by atoms with Crippen molar-refractivity contribution in [2.75, 3.05) is 54.2 Å². The molecule has 0 unspecified atom stereocenters. The van der Waals surface area contributed by atoms with Crippen LogP contribution in [0.25, 0.3) is 0 Å². The zero-order valence-corrected chi connectivity index (χ0v) is 33.6. The Balaban J connectivity index is 2.52. The molecule has 0 aromatic heterocycles. The Kier molecular flexibility index (Phi) is 14.4. The van der Waals surface area contributed by atoms with Crippen molar-refractivity contribution in [3.8, 4) is 17.2 Å². The van der Waals surface area contributed by atoms with Crippen molar-refractivity contribution in [2.45, 2.75) is 92.4 Å². The lowest BCUT2D eigenvalue weighted by Crippen LogP contribution is -2.30. The van der Waals surface area contributed by atoms with Gasteiger partial charge < -0.3 is 33.5 Å². The first-order chi connectivity index (χ1) is 22.8. The number of methoxy groups -OCH3 is 2. The fourth-order valence-corrected chi connectivity index (χ4v) is 8.69. The second-order valence-corrected chi connectivity index (χ2v) is 18.1. The van der Waals surface area contributed by atoms with E-state index in [2.05, 4.69) is 100 Å². The molecule has 1 N–H and O–H groups in total. The molecule has 7 nitrogen and oxygen atoms in total. The van der Waals surface area contributed by atoms with Crippen LogP contribution in [-0.4, -0.2) is 59.3 Å². The third kappa shape index (κ3) is 10.8. The molecule has 0 saturated carbocycles. The fraction of sp³-hybridized carbons (Fsp3) is 0.550. The van der Waals surface area contributed by atoms with Crippen LogP contribution < -0.4 is 25.4 Å². The van der Waals surface area contributed by atoms with E-state index >= 15 is 0 Å². The van der Waals surface area contributed by atoms with Crippen LogP contribution in [0, 0.1) is 13.8 Å². The van der Waals surface area contributed by atoms with E-state index in [0.29, 0.717) is 31.5 Å². The van der Waals surface area contributed by atoms with Crippen molar-refractivity contribution >= 4 is 35.4 Å². The predicted octanol–water partition coefficient (Wildman–Crippen LogP) is 8.31. The average Bonchev–Trinajstić information content (AvgIpc) is 2.98. The Morgan fingerprint density at radius 3 is 1.35 bits per heavy atom. The van der Waals surface area contributed by atoms with Gasteiger partial charge in [-0.05, 0) is 73.4 Å². The molecule has 0 aliphatic heterocycles. The normalized spacial score (nSPS) is 12.6. The number of hydrogen-bond acceptors (Lipinski definition) is 7. The fourth-order valence-electron chi connectivity index (χ4n) is 5.58. The number of hydrogen-bond donors (Lipinski definition) is 1. The van der Waals surface area contributed by atoms with Crippen molar-refractivity contribution in [2.24, 2.45) is 0 Å². The van der Waals surface area contributed by atoms with Gasteiger partial charge in [0.2, 0.25) is 0 Å². The Hall–Kier alpha value is -2.38. The second kappa shape index (κ2) is 17.2. The van der Waals surface area contributed by atoms with E-state index in [1.807, 2.05) is 12.1 Å². The highest BCUT2D eigenvalue weighted by Crippen LogP contribution is 2.49. The molecule has 3 rings (SSSR count). The predicted molar refractivity (Wildman–Crippen MR) is 204 cm³/mol. The van der Waals surface area contributed by atoms with E-state index in [9.17, 15) is 5.11 Å². The van der Waals surface area contributed by atoms with E-state index in [1.165, 1.54) is 0 Å².